The van der Waals surface area contributed by atoms with Crippen LogP contribution in [0.4, 0.5) is 13.2 Å². The van der Waals surface area contributed by atoms with Crippen molar-refractivity contribution in [3.05, 3.63) is 41.5 Å². The van der Waals surface area contributed by atoms with Crippen LogP contribution in [0.3, 0.4) is 0 Å². The van der Waals surface area contributed by atoms with Crippen LogP contribution < -0.4 is 4.74 Å². The Labute approximate surface area is 104 Å². The molecule has 0 bridgehead atoms. The topological polar surface area (TPSA) is 9.23 Å². The minimum atomic E-state index is -4.63. The van der Waals surface area contributed by atoms with Crippen LogP contribution in [0.1, 0.15) is 32.3 Å². The van der Waals surface area contributed by atoms with Gasteiger partial charge in [-0.1, -0.05) is 30.7 Å². The first-order chi connectivity index (χ1) is 8.28. The summed E-state index contributed by atoms with van der Waals surface area (Å²) in [5.74, 6) is -0.173. The van der Waals surface area contributed by atoms with Crippen LogP contribution in [-0.2, 0) is 5.41 Å². The molecule has 1 aliphatic rings. The minimum Gasteiger partial charge on any atom is -0.406 e. The number of rotatable bonds is 2. The first kappa shape index (κ1) is 13.0. The van der Waals surface area contributed by atoms with Gasteiger partial charge < -0.3 is 4.74 Å². The third-order valence-corrected chi connectivity index (χ3v) is 3.35. The van der Waals surface area contributed by atoms with Crippen LogP contribution in [-0.4, -0.2) is 6.36 Å². The van der Waals surface area contributed by atoms with Gasteiger partial charge in [-0.25, -0.2) is 0 Å². The second-order valence-corrected chi connectivity index (χ2v) is 4.98. The van der Waals surface area contributed by atoms with Crippen LogP contribution in [0, 0.1) is 0 Å². The zero-order valence-electron chi connectivity index (χ0n) is 10.3. The van der Waals surface area contributed by atoms with E-state index in [0.29, 0.717) is 0 Å². The van der Waals surface area contributed by atoms with Crippen molar-refractivity contribution in [2.24, 2.45) is 0 Å². The zero-order chi connectivity index (χ0) is 13.4. The Kier molecular flexibility index (Phi) is 3.13. The van der Waals surface area contributed by atoms with Crippen molar-refractivity contribution in [1.82, 2.24) is 0 Å². The number of allylic oxidation sites excluding steroid dienone is 2. The van der Waals surface area contributed by atoms with E-state index in [1.165, 1.54) is 17.7 Å². The summed E-state index contributed by atoms with van der Waals surface area (Å²) in [5.41, 5.74) is 2.28. The summed E-state index contributed by atoms with van der Waals surface area (Å²) < 4.78 is 40.0. The summed E-state index contributed by atoms with van der Waals surface area (Å²) in [6.07, 6.45) is -0.405. The van der Waals surface area contributed by atoms with Gasteiger partial charge in [0.05, 0.1) is 0 Å². The first-order valence-electron chi connectivity index (χ1n) is 5.83. The largest absolute Gasteiger partial charge is 0.573 e. The fourth-order valence-electron chi connectivity index (χ4n) is 2.41. The summed E-state index contributed by atoms with van der Waals surface area (Å²) in [4.78, 5) is 0. The third kappa shape index (κ3) is 2.86. The fourth-order valence-corrected chi connectivity index (χ4v) is 2.41. The molecule has 0 N–H and O–H groups in total. The molecular weight excluding hydrogens is 241 g/mol. The molecule has 0 radical (unpaired) electrons. The van der Waals surface area contributed by atoms with Crippen molar-refractivity contribution in [3.63, 3.8) is 0 Å². The van der Waals surface area contributed by atoms with E-state index in [-0.39, 0.29) is 11.2 Å². The average molecular weight is 256 g/mol. The van der Waals surface area contributed by atoms with E-state index in [1.807, 2.05) is 0 Å². The Morgan fingerprint density at radius 3 is 2.22 bits per heavy atom. The molecule has 0 heterocycles. The molecule has 98 valence electrons. The molecule has 0 amide bonds. The molecule has 1 nitrogen and oxygen atoms in total. The van der Waals surface area contributed by atoms with Crippen LogP contribution in [0.15, 0.2) is 35.9 Å². The quantitative estimate of drug-likeness (QED) is 0.703. The SMILES string of the molecule is CC1=C[C@](C)(c2ccc(OC(F)(F)F)cc2)CC1. The van der Waals surface area contributed by atoms with Crippen molar-refractivity contribution < 1.29 is 17.9 Å². The molecule has 0 unspecified atom stereocenters. The van der Waals surface area contributed by atoms with Crippen LogP contribution >= 0.6 is 0 Å². The maximum absolute atomic E-state index is 12.0. The second-order valence-electron chi connectivity index (χ2n) is 4.98. The van der Waals surface area contributed by atoms with Crippen LogP contribution in [0.2, 0.25) is 0 Å². The molecule has 0 saturated carbocycles. The van der Waals surface area contributed by atoms with Crippen LogP contribution in [0.5, 0.6) is 5.75 Å². The predicted molar refractivity (Wildman–Crippen MR) is 63.5 cm³/mol. The van der Waals surface area contributed by atoms with E-state index in [9.17, 15) is 13.2 Å². The van der Waals surface area contributed by atoms with E-state index in [1.54, 1.807) is 12.1 Å². The Hall–Kier alpha value is -1.45. The monoisotopic (exact) mass is 256 g/mol. The Morgan fingerprint density at radius 1 is 1.17 bits per heavy atom. The maximum Gasteiger partial charge on any atom is 0.573 e. The summed E-state index contributed by atoms with van der Waals surface area (Å²) >= 11 is 0. The molecule has 1 aromatic rings. The van der Waals surface area contributed by atoms with Crippen molar-refractivity contribution in [2.45, 2.75) is 38.5 Å². The highest BCUT2D eigenvalue weighted by Crippen LogP contribution is 2.39. The van der Waals surface area contributed by atoms with Gasteiger partial charge in [0.15, 0.2) is 0 Å². The molecule has 18 heavy (non-hydrogen) atoms. The number of benzene rings is 1. The highest BCUT2D eigenvalue weighted by molar-refractivity contribution is 5.38. The van der Waals surface area contributed by atoms with Gasteiger partial charge in [-0.2, -0.15) is 0 Å². The predicted octanol–water partition coefficient (Wildman–Crippen LogP) is 4.58. The van der Waals surface area contributed by atoms with Gasteiger partial charge in [0.1, 0.15) is 5.75 Å². The molecular formula is C14H15F3O. The fraction of sp³-hybridized carbons (Fsp3) is 0.429. The van der Waals surface area contributed by atoms with E-state index >= 15 is 0 Å². The van der Waals surface area contributed by atoms with Gasteiger partial charge >= 0.3 is 6.36 Å². The maximum atomic E-state index is 12.0. The lowest BCUT2D eigenvalue weighted by Gasteiger charge is -2.22. The molecule has 0 saturated heterocycles. The van der Waals surface area contributed by atoms with Crippen molar-refractivity contribution >= 4 is 0 Å². The van der Waals surface area contributed by atoms with E-state index in [4.69, 9.17) is 0 Å². The summed E-state index contributed by atoms with van der Waals surface area (Å²) in [5, 5.41) is 0. The first-order valence-corrected chi connectivity index (χ1v) is 5.83. The normalized spacial score (nSPS) is 23.9. The van der Waals surface area contributed by atoms with Gasteiger partial charge in [0.25, 0.3) is 0 Å². The molecule has 4 heteroatoms. The van der Waals surface area contributed by atoms with E-state index in [2.05, 4.69) is 24.7 Å². The molecule has 0 fully saturated rings. The number of hydrogen-bond donors (Lipinski definition) is 0. The van der Waals surface area contributed by atoms with Gasteiger partial charge in [0.2, 0.25) is 0 Å². The lowest BCUT2D eigenvalue weighted by atomic mass is 9.82. The van der Waals surface area contributed by atoms with Crippen LogP contribution in [0.25, 0.3) is 0 Å². The second kappa shape index (κ2) is 4.34. The minimum absolute atomic E-state index is 0.0686. The highest BCUT2D eigenvalue weighted by atomic mass is 19.4. The molecule has 0 aliphatic heterocycles. The molecule has 0 spiro atoms. The average Bonchev–Trinajstić information content (AvgIpc) is 2.58. The number of ether oxygens (including phenoxy) is 1. The smallest absolute Gasteiger partial charge is 0.406 e. The molecule has 1 aromatic carbocycles. The molecule has 2 rings (SSSR count). The standard InChI is InChI=1S/C14H15F3O/c1-10-7-8-13(2,9-10)11-3-5-12(6-4-11)18-14(15,16)17/h3-6,9H,7-8H2,1-2H3/t13-/m1/s1. The molecule has 1 aliphatic carbocycles. The van der Waals surface area contributed by atoms with Crippen molar-refractivity contribution in [3.8, 4) is 5.75 Å². The summed E-state index contributed by atoms with van der Waals surface area (Å²) in [6.45, 7) is 4.18. The number of alkyl halides is 3. The lowest BCUT2D eigenvalue weighted by Crippen LogP contribution is -2.18. The summed E-state index contributed by atoms with van der Waals surface area (Å²) in [7, 11) is 0. The number of hydrogen-bond acceptors (Lipinski definition) is 1. The van der Waals surface area contributed by atoms with E-state index < -0.39 is 6.36 Å². The van der Waals surface area contributed by atoms with Gasteiger partial charge in [-0.05, 0) is 37.5 Å². The molecule has 0 aromatic heterocycles. The van der Waals surface area contributed by atoms with Crippen molar-refractivity contribution in [2.75, 3.05) is 0 Å². The molecule has 1 atom stereocenters. The van der Waals surface area contributed by atoms with Gasteiger partial charge in [0, 0.05) is 5.41 Å². The Balaban J connectivity index is 2.18. The van der Waals surface area contributed by atoms with E-state index in [0.717, 1.165) is 18.4 Å². The van der Waals surface area contributed by atoms with Crippen molar-refractivity contribution in [1.29, 1.82) is 0 Å². The zero-order valence-corrected chi connectivity index (χ0v) is 10.3. The Bertz CT molecular complexity index is 459. The third-order valence-electron chi connectivity index (χ3n) is 3.35. The lowest BCUT2D eigenvalue weighted by molar-refractivity contribution is -0.274. The number of halogens is 3. The van der Waals surface area contributed by atoms with Gasteiger partial charge in [-0.15, -0.1) is 13.2 Å². The Morgan fingerprint density at radius 2 is 1.78 bits per heavy atom. The highest BCUT2D eigenvalue weighted by Gasteiger charge is 2.32. The summed E-state index contributed by atoms with van der Waals surface area (Å²) in [6, 6.07) is 6.15. The van der Waals surface area contributed by atoms with Gasteiger partial charge in [-0.3, -0.25) is 0 Å².